The number of hydrogen-bond acceptors (Lipinski definition) is 2. The van der Waals surface area contributed by atoms with E-state index < -0.39 is 0 Å². The summed E-state index contributed by atoms with van der Waals surface area (Å²) in [5.74, 6) is 0.839. The van der Waals surface area contributed by atoms with Gasteiger partial charge in [-0.2, -0.15) is 5.10 Å². The van der Waals surface area contributed by atoms with Crippen LogP contribution >= 0.6 is 35.6 Å². The molecule has 0 fully saturated rings. The predicted octanol–water partition coefficient (Wildman–Crippen LogP) is 4.04. The molecule has 27 heavy (non-hydrogen) atoms. The normalized spacial score (nSPS) is 12.4. The molecular weight excluding hydrogens is 473 g/mol. The molecule has 0 saturated heterocycles. The zero-order valence-electron chi connectivity index (χ0n) is 16.8. The number of aryl methyl sites for hydroxylation is 2. The molecule has 150 valence electrons. The third-order valence-electron chi connectivity index (χ3n) is 4.51. The van der Waals surface area contributed by atoms with Crippen LogP contribution in [0.15, 0.2) is 29.3 Å². The molecule has 0 aliphatic carbocycles. The van der Waals surface area contributed by atoms with Crippen molar-refractivity contribution in [2.75, 3.05) is 13.1 Å². The molecule has 5 nitrogen and oxygen atoms in total. The number of guanidine groups is 1. The second-order valence-corrected chi connectivity index (χ2v) is 7.03. The van der Waals surface area contributed by atoms with Gasteiger partial charge in [0, 0.05) is 36.9 Å². The minimum Gasteiger partial charge on any atom is -0.357 e. The van der Waals surface area contributed by atoms with Crippen molar-refractivity contribution in [3.8, 4) is 0 Å². The number of nitrogens with zero attached hydrogens (tertiary/aromatic N) is 3. The summed E-state index contributed by atoms with van der Waals surface area (Å²) in [7, 11) is 1.99. The van der Waals surface area contributed by atoms with Crippen LogP contribution in [0.4, 0.5) is 0 Å². The molecule has 1 heterocycles. The van der Waals surface area contributed by atoms with Gasteiger partial charge in [0.1, 0.15) is 0 Å². The number of aromatic nitrogens is 2. The van der Waals surface area contributed by atoms with Crippen molar-refractivity contribution in [1.82, 2.24) is 20.4 Å². The molecule has 2 N–H and O–H groups in total. The van der Waals surface area contributed by atoms with Gasteiger partial charge >= 0.3 is 0 Å². The molecule has 1 aromatic carbocycles. The third-order valence-corrected chi connectivity index (χ3v) is 4.87. The van der Waals surface area contributed by atoms with Crippen LogP contribution in [-0.2, 0) is 19.9 Å². The first-order valence-corrected chi connectivity index (χ1v) is 9.57. The third kappa shape index (κ3) is 6.99. The number of aliphatic imine (C=N–C) groups is 1. The number of hydrogen-bond donors (Lipinski definition) is 2. The highest BCUT2D eigenvalue weighted by molar-refractivity contribution is 14.0. The second-order valence-electron chi connectivity index (χ2n) is 6.62. The SMILES string of the molecule is CCNC(=NCCc1ccccc1Cl)NC(C)Cc1c(C)nn(C)c1C.I. The molecule has 1 unspecified atom stereocenters. The van der Waals surface area contributed by atoms with E-state index >= 15 is 0 Å². The zero-order chi connectivity index (χ0) is 19.1. The van der Waals surface area contributed by atoms with E-state index in [-0.39, 0.29) is 30.0 Å². The Morgan fingerprint density at radius 2 is 2.00 bits per heavy atom. The highest BCUT2D eigenvalue weighted by atomic mass is 127. The number of benzene rings is 1. The van der Waals surface area contributed by atoms with Gasteiger partial charge in [-0.1, -0.05) is 29.8 Å². The summed E-state index contributed by atoms with van der Waals surface area (Å²) in [6.45, 7) is 9.95. The summed E-state index contributed by atoms with van der Waals surface area (Å²) in [6, 6.07) is 8.19. The molecule has 0 aliphatic heterocycles. The van der Waals surface area contributed by atoms with Gasteiger partial charge in [0.15, 0.2) is 5.96 Å². The van der Waals surface area contributed by atoms with Crippen LogP contribution in [0, 0.1) is 13.8 Å². The van der Waals surface area contributed by atoms with E-state index in [0.717, 1.165) is 41.6 Å². The molecule has 0 spiro atoms. The van der Waals surface area contributed by atoms with E-state index in [1.165, 1.54) is 11.3 Å². The number of nitrogens with one attached hydrogen (secondary N) is 2. The zero-order valence-corrected chi connectivity index (χ0v) is 19.9. The Balaban J connectivity index is 0.00000364. The van der Waals surface area contributed by atoms with Crippen LogP contribution in [0.2, 0.25) is 5.02 Å². The first-order valence-electron chi connectivity index (χ1n) is 9.19. The Kier molecular flexibility index (Phi) is 10.2. The van der Waals surface area contributed by atoms with Gasteiger partial charge in [0.25, 0.3) is 0 Å². The monoisotopic (exact) mass is 503 g/mol. The molecule has 0 radical (unpaired) electrons. The highest BCUT2D eigenvalue weighted by Crippen LogP contribution is 2.15. The maximum Gasteiger partial charge on any atom is 0.191 e. The Morgan fingerprint density at radius 3 is 2.59 bits per heavy atom. The molecule has 2 rings (SSSR count). The fourth-order valence-electron chi connectivity index (χ4n) is 3.01. The van der Waals surface area contributed by atoms with Gasteiger partial charge in [-0.15, -0.1) is 24.0 Å². The van der Waals surface area contributed by atoms with Crippen LogP contribution in [-0.4, -0.2) is 34.9 Å². The first-order chi connectivity index (χ1) is 12.4. The van der Waals surface area contributed by atoms with Crippen molar-refractivity contribution in [1.29, 1.82) is 0 Å². The average molecular weight is 504 g/mol. The van der Waals surface area contributed by atoms with Gasteiger partial charge in [0.2, 0.25) is 0 Å². The topological polar surface area (TPSA) is 54.2 Å². The Hall–Kier alpha value is -1.28. The van der Waals surface area contributed by atoms with E-state index in [9.17, 15) is 0 Å². The first kappa shape index (κ1) is 23.8. The van der Waals surface area contributed by atoms with E-state index in [1.807, 2.05) is 29.9 Å². The number of rotatable bonds is 7. The van der Waals surface area contributed by atoms with Crippen LogP contribution < -0.4 is 10.6 Å². The van der Waals surface area contributed by atoms with Gasteiger partial charge < -0.3 is 10.6 Å². The van der Waals surface area contributed by atoms with E-state index in [1.54, 1.807) is 0 Å². The molecule has 0 saturated carbocycles. The largest absolute Gasteiger partial charge is 0.357 e. The van der Waals surface area contributed by atoms with Crippen LogP contribution in [0.25, 0.3) is 0 Å². The van der Waals surface area contributed by atoms with E-state index in [0.29, 0.717) is 6.54 Å². The average Bonchev–Trinajstić information content (AvgIpc) is 2.83. The van der Waals surface area contributed by atoms with Crippen molar-refractivity contribution >= 4 is 41.5 Å². The van der Waals surface area contributed by atoms with Crippen LogP contribution in [0.1, 0.15) is 36.4 Å². The standard InChI is InChI=1S/C20H30ClN5.HI/c1-6-22-20(23-12-11-17-9-7-8-10-19(17)21)24-14(2)13-18-15(3)25-26(5)16(18)4;/h7-10,14H,6,11-13H2,1-5H3,(H2,22,23,24);1H. The quantitative estimate of drug-likeness (QED) is 0.341. The Morgan fingerprint density at radius 1 is 1.30 bits per heavy atom. The minimum atomic E-state index is 0. The van der Waals surface area contributed by atoms with Crippen molar-refractivity contribution in [3.05, 3.63) is 51.8 Å². The van der Waals surface area contributed by atoms with Crippen LogP contribution in [0.3, 0.4) is 0 Å². The van der Waals surface area contributed by atoms with Crippen LogP contribution in [0.5, 0.6) is 0 Å². The van der Waals surface area contributed by atoms with Gasteiger partial charge in [-0.3, -0.25) is 9.67 Å². The lowest BCUT2D eigenvalue weighted by atomic mass is 10.1. The Bertz CT molecular complexity index is 757. The summed E-state index contributed by atoms with van der Waals surface area (Å²) in [5, 5.41) is 12.1. The predicted molar refractivity (Wildman–Crippen MR) is 126 cm³/mol. The van der Waals surface area contributed by atoms with Crippen molar-refractivity contribution in [2.24, 2.45) is 12.0 Å². The molecule has 0 amide bonds. The lowest BCUT2D eigenvalue weighted by Gasteiger charge is -2.18. The smallest absolute Gasteiger partial charge is 0.191 e. The highest BCUT2D eigenvalue weighted by Gasteiger charge is 2.14. The fraction of sp³-hybridized carbons (Fsp3) is 0.500. The minimum absolute atomic E-state index is 0. The van der Waals surface area contributed by atoms with Crippen molar-refractivity contribution in [2.45, 2.75) is 46.6 Å². The molecule has 2 aromatic rings. The molecule has 1 aromatic heterocycles. The van der Waals surface area contributed by atoms with Gasteiger partial charge in [-0.05, 0) is 57.7 Å². The molecule has 0 aliphatic rings. The van der Waals surface area contributed by atoms with E-state index in [4.69, 9.17) is 16.6 Å². The van der Waals surface area contributed by atoms with Gasteiger partial charge in [-0.25, -0.2) is 0 Å². The van der Waals surface area contributed by atoms with E-state index in [2.05, 4.69) is 49.5 Å². The van der Waals surface area contributed by atoms with Gasteiger partial charge in [0.05, 0.1) is 5.69 Å². The summed E-state index contributed by atoms with van der Waals surface area (Å²) in [5.41, 5.74) is 4.75. The summed E-state index contributed by atoms with van der Waals surface area (Å²) >= 11 is 6.22. The summed E-state index contributed by atoms with van der Waals surface area (Å²) < 4.78 is 1.94. The molecule has 1 atom stereocenters. The molecular formula is C20H31ClIN5. The summed E-state index contributed by atoms with van der Waals surface area (Å²) in [6.07, 6.45) is 1.74. The summed E-state index contributed by atoms with van der Waals surface area (Å²) in [4.78, 5) is 4.70. The second kappa shape index (κ2) is 11.5. The van der Waals surface area contributed by atoms with Crippen molar-refractivity contribution < 1.29 is 0 Å². The Labute approximate surface area is 185 Å². The molecule has 0 bridgehead atoms. The fourth-order valence-corrected chi connectivity index (χ4v) is 3.24. The maximum absolute atomic E-state index is 6.22. The maximum atomic E-state index is 6.22. The van der Waals surface area contributed by atoms with Crippen molar-refractivity contribution in [3.63, 3.8) is 0 Å². The lowest BCUT2D eigenvalue weighted by molar-refractivity contribution is 0.635. The number of halogens is 2. The molecule has 7 heteroatoms. The lowest BCUT2D eigenvalue weighted by Crippen LogP contribution is -2.43.